The quantitative estimate of drug-likeness (QED) is 0.605. The monoisotopic (exact) mass is 402 g/mol. The van der Waals surface area contributed by atoms with Gasteiger partial charge in [0.15, 0.2) is 0 Å². The molecule has 29 heavy (non-hydrogen) atoms. The minimum absolute atomic E-state index is 0.0332. The Morgan fingerprint density at radius 1 is 1.14 bits per heavy atom. The molecule has 2 aromatic carbocycles. The van der Waals surface area contributed by atoms with E-state index in [9.17, 15) is 13.6 Å². The number of aryl methyl sites for hydroxylation is 2. The van der Waals surface area contributed by atoms with Crippen LogP contribution in [0.25, 0.3) is 0 Å². The molecule has 0 saturated carbocycles. The van der Waals surface area contributed by atoms with Gasteiger partial charge in [0.25, 0.3) is 5.91 Å². The van der Waals surface area contributed by atoms with Gasteiger partial charge in [-0.15, -0.1) is 0 Å². The summed E-state index contributed by atoms with van der Waals surface area (Å²) in [6.07, 6.45) is 0. The largest absolute Gasteiger partial charge is 0.489 e. The third kappa shape index (κ3) is 5.31. The van der Waals surface area contributed by atoms with Gasteiger partial charge in [0.05, 0.1) is 11.3 Å². The van der Waals surface area contributed by atoms with Gasteiger partial charge in [0.2, 0.25) is 0 Å². The molecular formula is C21H20F2N2O4. The summed E-state index contributed by atoms with van der Waals surface area (Å²) in [6.45, 7) is 1.11. The van der Waals surface area contributed by atoms with Crippen LogP contribution in [0.2, 0.25) is 0 Å². The molecule has 0 aliphatic carbocycles. The molecule has 3 rings (SSSR count). The Balaban J connectivity index is 1.57. The summed E-state index contributed by atoms with van der Waals surface area (Å²) in [7, 11) is 0. The second-order valence-corrected chi connectivity index (χ2v) is 6.28. The van der Waals surface area contributed by atoms with Crippen molar-refractivity contribution in [3.8, 4) is 11.5 Å². The topological polar surface area (TPSA) is 73.6 Å². The van der Waals surface area contributed by atoms with Gasteiger partial charge in [-0.2, -0.15) is 8.78 Å². The molecule has 8 heteroatoms. The van der Waals surface area contributed by atoms with Crippen LogP contribution in [0, 0.1) is 13.8 Å². The Morgan fingerprint density at radius 2 is 1.86 bits per heavy atom. The third-order valence-electron chi connectivity index (χ3n) is 4.31. The van der Waals surface area contributed by atoms with E-state index in [0.29, 0.717) is 29.2 Å². The number of para-hydroxylation sites is 1. The third-order valence-corrected chi connectivity index (χ3v) is 4.31. The van der Waals surface area contributed by atoms with Crippen LogP contribution in [-0.2, 0) is 13.2 Å². The molecule has 0 radical (unpaired) electrons. The maximum absolute atomic E-state index is 12.5. The number of carbonyl (C=O) groups excluding carboxylic acids is 1. The normalized spacial score (nSPS) is 10.8. The lowest BCUT2D eigenvalue weighted by molar-refractivity contribution is -0.0504. The van der Waals surface area contributed by atoms with E-state index in [4.69, 9.17) is 9.26 Å². The van der Waals surface area contributed by atoms with Crippen molar-refractivity contribution in [2.45, 2.75) is 33.6 Å². The minimum atomic E-state index is -2.93. The highest BCUT2D eigenvalue weighted by molar-refractivity contribution is 5.94. The fourth-order valence-electron chi connectivity index (χ4n) is 2.70. The van der Waals surface area contributed by atoms with Gasteiger partial charge in [-0.05, 0) is 44.2 Å². The lowest BCUT2D eigenvalue weighted by Crippen LogP contribution is -2.23. The number of nitrogens with zero attached hydrogens (tertiary/aromatic N) is 1. The highest BCUT2D eigenvalue weighted by Gasteiger charge is 2.12. The minimum Gasteiger partial charge on any atom is -0.489 e. The van der Waals surface area contributed by atoms with E-state index in [1.54, 1.807) is 42.5 Å². The van der Waals surface area contributed by atoms with E-state index < -0.39 is 6.61 Å². The van der Waals surface area contributed by atoms with Crippen molar-refractivity contribution >= 4 is 5.91 Å². The van der Waals surface area contributed by atoms with Crippen molar-refractivity contribution in [2.24, 2.45) is 0 Å². The van der Waals surface area contributed by atoms with Gasteiger partial charge in [-0.25, -0.2) is 0 Å². The van der Waals surface area contributed by atoms with Crippen molar-refractivity contribution in [1.82, 2.24) is 10.5 Å². The van der Waals surface area contributed by atoms with Crippen molar-refractivity contribution in [3.05, 3.63) is 76.7 Å². The summed E-state index contributed by atoms with van der Waals surface area (Å²) >= 11 is 0. The zero-order chi connectivity index (χ0) is 20.8. The van der Waals surface area contributed by atoms with Crippen LogP contribution in [0.5, 0.6) is 11.5 Å². The Labute approximate surface area is 166 Å². The molecule has 0 unspecified atom stereocenters. The number of alkyl halides is 2. The van der Waals surface area contributed by atoms with Crippen LogP contribution in [-0.4, -0.2) is 17.7 Å². The highest BCUT2D eigenvalue weighted by Crippen LogP contribution is 2.21. The molecule has 0 saturated heterocycles. The van der Waals surface area contributed by atoms with E-state index in [1.807, 2.05) is 13.8 Å². The second kappa shape index (κ2) is 9.18. The Kier molecular flexibility index (Phi) is 6.43. The predicted molar refractivity (Wildman–Crippen MR) is 101 cm³/mol. The average Bonchev–Trinajstić information content (AvgIpc) is 3.03. The van der Waals surface area contributed by atoms with E-state index in [0.717, 1.165) is 11.3 Å². The number of hydrogen-bond acceptors (Lipinski definition) is 5. The van der Waals surface area contributed by atoms with Gasteiger partial charge in [0.1, 0.15) is 23.9 Å². The second-order valence-electron chi connectivity index (χ2n) is 6.28. The SMILES string of the molecule is Cc1noc(C)c1COc1ccc(C(=O)NCc2ccccc2OC(F)F)cc1. The van der Waals surface area contributed by atoms with Gasteiger partial charge < -0.3 is 19.3 Å². The van der Waals surface area contributed by atoms with Crippen LogP contribution in [0.4, 0.5) is 8.78 Å². The molecule has 1 aromatic heterocycles. The van der Waals surface area contributed by atoms with Gasteiger partial charge >= 0.3 is 6.61 Å². The molecule has 0 spiro atoms. The number of benzene rings is 2. The van der Waals surface area contributed by atoms with E-state index >= 15 is 0 Å². The van der Waals surface area contributed by atoms with E-state index in [2.05, 4.69) is 15.2 Å². The number of halogens is 2. The lowest BCUT2D eigenvalue weighted by Gasteiger charge is -2.11. The molecule has 1 N–H and O–H groups in total. The van der Waals surface area contributed by atoms with Crippen LogP contribution in [0.3, 0.4) is 0 Å². The lowest BCUT2D eigenvalue weighted by atomic mass is 10.1. The molecule has 0 aliphatic heterocycles. The number of hydrogen-bond donors (Lipinski definition) is 1. The Bertz CT molecular complexity index is 952. The molecular weight excluding hydrogens is 382 g/mol. The molecule has 0 aliphatic rings. The maximum atomic E-state index is 12.5. The van der Waals surface area contributed by atoms with Crippen molar-refractivity contribution < 1.29 is 27.6 Å². The van der Waals surface area contributed by atoms with E-state index in [-0.39, 0.29) is 18.2 Å². The summed E-state index contributed by atoms with van der Waals surface area (Å²) in [5, 5.41) is 6.57. The summed E-state index contributed by atoms with van der Waals surface area (Å²) in [6, 6.07) is 12.9. The summed E-state index contributed by atoms with van der Waals surface area (Å²) < 4.78 is 40.2. The standard InChI is InChI=1S/C21H20F2N2O4/c1-13-18(14(2)29-25-13)12-27-17-9-7-15(8-10-17)20(26)24-11-16-5-3-4-6-19(16)28-21(22)23/h3-10,21H,11-12H2,1-2H3,(H,24,26). The zero-order valence-corrected chi connectivity index (χ0v) is 15.9. The number of ether oxygens (including phenoxy) is 2. The summed E-state index contributed by atoms with van der Waals surface area (Å²) in [5.74, 6) is 0.992. The molecule has 152 valence electrons. The first-order valence-corrected chi connectivity index (χ1v) is 8.89. The van der Waals surface area contributed by atoms with Crippen LogP contribution in [0.15, 0.2) is 53.1 Å². The number of aromatic nitrogens is 1. The predicted octanol–water partition coefficient (Wildman–Crippen LogP) is 4.40. The Hall–Kier alpha value is -3.42. The summed E-state index contributed by atoms with van der Waals surface area (Å²) in [4.78, 5) is 12.3. The molecule has 1 heterocycles. The van der Waals surface area contributed by atoms with Crippen molar-refractivity contribution in [1.29, 1.82) is 0 Å². The summed E-state index contributed by atoms with van der Waals surface area (Å²) in [5.41, 5.74) is 2.54. The first-order chi connectivity index (χ1) is 13.9. The first kappa shape index (κ1) is 20.3. The zero-order valence-electron chi connectivity index (χ0n) is 15.9. The molecule has 0 fully saturated rings. The first-order valence-electron chi connectivity index (χ1n) is 8.89. The van der Waals surface area contributed by atoms with Crippen molar-refractivity contribution in [2.75, 3.05) is 0 Å². The van der Waals surface area contributed by atoms with Crippen LogP contribution >= 0.6 is 0 Å². The molecule has 6 nitrogen and oxygen atoms in total. The van der Waals surface area contributed by atoms with E-state index in [1.165, 1.54) is 6.07 Å². The molecule has 3 aromatic rings. The molecule has 0 atom stereocenters. The highest BCUT2D eigenvalue weighted by atomic mass is 19.3. The van der Waals surface area contributed by atoms with Gasteiger partial charge in [0, 0.05) is 17.7 Å². The number of amides is 1. The van der Waals surface area contributed by atoms with Crippen LogP contribution in [0.1, 0.15) is 32.9 Å². The van der Waals surface area contributed by atoms with Crippen molar-refractivity contribution in [3.63, 3.8) is 0 Å². The number of carbonyl (C=O) groups is 1. The number of nitrogens with one attached hydrogen (secondary N) is 1. The molecule has 1 amide bonds. The average molecular weight is 402 g/mol. The van der Waals surface area contributed by atoms with Crippen LogP contribution < -0.4 is 14.8 Å². The smallest absolute Gasteiger partial charge is 0.387 e. The van der Waals surface area contributed by atoms with Gasteiger partial charge in [-0.1, -0.05) is 23.4 Å². The fraction of sp³-hybridized carbons (Fsp3) is 0.238. The maximum Gasteiger partial charge on any atom is 0.387 e. The Morgan fingerprint density at radius 3 is 2.52 bits per heavy atom. The molecule has 0 bridgehead atoms. The fourth-order valence-corrected chi connectivity index (χ4v) is 2.70. The van der Waals surface area contributed by atoms with Gasteiger partial charge in [-0.3, -0.25) is 4.79 Å². The number of rotatable bonds is 8.